The third kappa shape index (κ3) is 2.47. The Morgan fingerprint density at radius 1 is 1.25 bits per heavy atom. The molecule has 3 aromatic rings. The maximum atomic E-state index is 12.0. The van der Waals surface area contributed by atoms with E-state index in [1.807, 2.05) is 6.07 Å². The molecule has 2 aliphatic rings. The van der Waals surface area contributed by atoms with E-state index in [-0.39, 0.29) is 17.5 Å². The SMILES string of the molecule is CN1C(=O)COc2nc(-c3ccc4c(cnn4C4=CC(=O)NS4=O)c3)ncc21. The summed E-state index contributed by atoms with van der Waals surface area (Å²) in [5.41, 5.74) is 1.94. The third-order valence-electron chi connectivity index (χ3n) is 4.48. The number of likely N-dealkylation sites (N-methyl/N-ethyl adjacent to an activating group) is 1. The van der Waals surface area contributed by atoms with Gasteiger partial charge < -0.3 is 9.64 Å². The molecule has 0 saturated carbocycles. The van der Waals surface area contributed by atoms with Crippen LogP contribution in [0.3, 0.4) is 0 Å². The average molecular weight is 396 g/mol. The fraction of sp³-hybridized carbons (Fsp3) is 0.118. The molecule has 0 aliphatic carbocycles. The number of amides is 2. The Kier molecular flexibility index (Phi) is 3.52. The van der Waals surface area contributed by atoms with Crippen LogP contribution in [-0.2, 0) is 20.6 Å². The fourth-order valence-corrected chi connectivity index (χ4v) is 3.89. The molecule has 0 radical (unpaired) electrons. The Morgan fingerprint density at radius 2 is 2.11 bits per heavy atom. The van der Waals surface area contributed by atoms with E-state index in [0.717, 1.165) is 10.9 Å². The topological polar surface area (TPSA) is 119 Å². The van der Waals surface area contributed by atoms with Crippen molar-refractivity contribution in [2.75, 3.05) is 18.6 Å². The number of fused-ring (bicyclic) bond motifs is 2. The van der Waals surface area contributed by atoms with E-state index in [9.17, 15) is 13.8 Å². The Morgan fingerprint density at radius 3 is 2.89 bits per heavy atom. The first-order chi connectivity index (χ1) is 13.5. The van der Waals surface area contributed by atoms with Crippen molar-refractivity contribution in [3.05, 3.63) is 36.7 Å². The van der Waals surface area contributed by atoms with E-state index in [4.69, 9.17) is 4.74 Å². The van der Waals surface area contributed by atoms with Gasteiger partial charge in [-0.2, -0.15) is 10.1 Å². The van der Waals surface area contributed by atoms with E-state index >= 15 is 0 Å². The lowest BCUT2D eigenvalue weighted by Gasteiger charge is -2.24. The highest BCUT2D eigenvalue weighted by Gasteiger charge is 2.25. The number of benzene rings is 1. The van der Waals surface area contributed by atoms with Crippen LogP contribution < -0.4 is 14.4 Å². The van der Waals surface area contributed by atoms with Crippen LogP contribution in [0, 0.1) is 0 Å². The fourth-order valence-electron chi connectivity index (χ4n) is 3.02. The minimum Gasteiger partial charge on any atom is -0.466 e. The molecule has 1 atom stereocenters. The number of carbonyl (C=O) groups excluding carboxylic acids is 2. The van der Waals surface area contributed by atoms with E-state index in [1.165, 1.54) is 15.7 Å². The van der Waals surface area contributed by atoms with Gasteiger partial charge in [-0.15, -0.1) is 0 Å². The molecule has 1 N–H and O–H groups in total. The summed E-state index contributed by atoms with van der Waals surface area (Å²) in [6.07, 6.45) is 4.42. The van der Waals surface area contributed by atoms with E-state index in [0.29, 0.717) is 22.9 Å². The van der Waals surface area contributed by atoms with Gasteiger partial charge >= 0.3 is 0 Å². The monoisotopic (exact) mass is 396 g/mol. The van der Waals surface area contributed by atoms with Gasteiger partial charge in [-0.3, -0.25) is 14.3 Å². The number of ether oxygens (including phenoxy) is 1. The van der Waals surface area contributed by atoms with Gasteiger partial charge in [-0.05, 0) is 18.2 Å². The molecule has 5 rings (SSSR count). The van der Waals surface area contributed by atoms with Crippen LogP contribution in [0.5, 0.6) is 5.88 Å². The summed E-state index contributed by atoms with van der Waals surface area (Å²) < 4.78 is 21.2. The predicted octanol–water partition coefficient (Wildman–Crippen LogP) is 0.440. The largest absolute Gasteiger partial charge is 0.466 e. The first-order valence-electron chi connectivity index (χ1n) is 8.20. The van der Waals surface area contributed by atoms with E-state index in [2.05, 4.69) is 19.8 Å². The van der Waals surface area contributed by atoms with Gasteiger partial charge in [0.05, 0.1) is 17.9 Å². The standard InChI is InChI=1S/C17H12N6O4S/c1-22-12-7-18-16(20-17(12)27-8-14(22)25)9-2-3-11-10(4-9)6-19-23(11)15-5-13(24)21-28(15)26/h2-7H,8H2,1H3,(H,21,24). The molecule has 1 unspecified atom stereocenters. The summed E-state index contributed by atoms with van der Waals surface area (Å²) in [5, 5.41) is 5.28. The minimum absolute atomic E-state index is 0.0647. The maximum Gasteiger partial charge on any atom is 0.264 e. The van der Waals surface area contributed by atoms with Gasteiger partial charge in [0.15, 0.2) is 28.4 Å². The first kappa shape index (κ1) is 16.6. The number of nitrogens with one attached hydrogen (secondary N) is 1. The van der Waals surface area contributed by atoms with Gasteiger partial charge in [-0.1, -0.05) is 0 Å². The molecule has 0 saturated heterocycles. The zero-order valence-electron chi connectivity index (χ0n) is 14.4. The highest BCUT2D eigenvalue weighted by atomic mass is 32.2. The van der Waals surface area contributed by atoms with Gasteiger partial charge in [-0.25, -0.2) is 13.9 Å². The smallest absolute Gasteiger partial charge is 0.264 e. The zero-order chi connectivity index (χ0) is 19.4. The van der Waals surface area contributed by atoms with Crippen molar-refractivity contribution in [2.45, 2.75) is 0 Å². The number of hydrogen-bond donors (Lipinski definition) is 1. The summed E-state index contributed by atoms with van der Waals surface area (Å²) in [6.45, 7) is -0.0647. The van der Waals surface area contributed by atoms with Crippen molar-refractivity contribution >= 4 is 44.4 Å². The number of nitrogens with zero attached hydrogens (tertiary/aromatic N) is 5. The lowest BCUT2D eigenvalue weighted by atomic mass is 10.1. The van der Waals surface area contributed by atoms with Crippen LogP contribution in [0.15, 0.2) is 36.7 Å². The first-order valence-corrected chi connectivity index (χ1v) is 9.35. The number of aromatic nitrogens is 4. The number of hydrogen-bond acceptors (Lipinski definition) is 7. The third-order valence-corrected chi connectivity index (χ3v) is 5.53. The van der Waals surface area contributed by atoms with Gasteiger partial charge in [0.2, 0.25) is 5.88 Å². The molecular formula is C17H12N6O4S. The molecule has 140 valence electrons. The molecule has 10 nitrogen and oxygen atoms in total. The summed E-state index contributed by atoms with van der Waals surface area (Å²) in [6, 6.07) is 5.43. The molecule has 1 aromatic carbocycles. The Labute approximate surface area is 160 Å². The molecule has 4 heterocycles. The van der Waals surface area contributed by atoms with Crippen LogP contribution in [0.25, 0.3) is 27.3 Å². The number of anilines is 1. The summed E-state index contributed by atoms with van der Waals surface area (Å²) in [5.74, 6) is 0.208. The molecule has 2 amide bonds. The number of rotatable bonds is 2. The van der Waals surface area contributed by atoms with E-state index < -0.39 is 16.9 Å². The van der Waals surface area contributed by atoms with Crippen molar-refractivity contribution in [1.82, 2.24) is 24.5 Å². The average Bonchev–Trinajstić information content (AvgIpc) is 3.26. The number of carbonyl (C=O) groups is 2. The van der Waals surface area contributed by atoms with Crippen molar-refractivity contribution in [3.8, 4) is 17.3 Å². The molecule has 0 spiro atoms. The Bertz CT molecular complexity index is 1230. The predicted molar refractivity (Wildman–Crippen MR) is 100 cm³/mol. The molecule has 2 aromatic heterocycles. The van der Waals surface area contributed by atoms with Gasteiger partial charge in [0.1, 0.15) is 5.69 Å². The molecule has 11 heteroatoms. The lowest BCUT2D eigenvalue weighted by molar-refractivity contribution is -0.121. The second-order valence-electron chi connectivity index (χ2n) is 6.17. The van der Waals surface area contributed by atoms with Crippen molar-refractivity contribution < 1.29 is 18.5 Å². The van der Waals surface area contributed by atoms with Crippen LogP contribution in [-0.4, -0.2) is 49.4 Å². The molecule has 0 bridgehead atoms. The quantitative estimate of drug-likeness (QED) is 0.667. The van der Waals surface area contributed by atoms with Crippen LogP contribution >= 0.6 is 0 Å². The molecule has 2 aliphatic heterocycles. The van der Waals surface area contributed by atoms with Crippen molar-refractivity contribution in [2.24, 2.45) is 0 Å². The Balaban J connectivity index is 1.55. The minimum atomic E-state index is -1.64. The second-order valence-corrected chi connectivity index (χ2v) is 7.33. The Hall–Kier alpha value is -3.60. The molecular weight excluding hydrogens is 384 g/mol. The van der Waals surface area contributed by atoms with Gasteiger partial charge in [0, 0.05) is 24.1 Å². The summed E-state index contributed by atoms with van der Waals surface area (Å²) in [4.78, 5) is 33.3. The molecule has 0 fully saturated rings. The van der Waals surface area contributed by atoms with E-state index in [1.54, 1.807) is 31.6 Å². The lowest BCUT2D eigenvalue weighted by Crippen LogP contribution is -2.36. The van der Waals surface area contributed by atoms with Crippen molar-refractivity contribution in [3.63, 3.8) is 0 Å². The van der Waals surface area contributed by atoms with Crippen LogP contribution in [0.2, 0.25) is 0 Å². The van der Waals surface area contributed by atoms with Crippen molar-refractivity contribution in [1.29, 1.82) is 0 Å². The van der Waals surface area contributed by atoms with Crippen LogP contribution in [0.1, 0.15) is 0 Å². The second kappa shape index (κ2) is 5.96. The highest BCUT2D eigenvalue weighted by Crippen LogP contribution is 2.31. The zero-order valence-corrected chi connectivity index (χ0v) is 15.3. The normalized spacial score (nSPS) is 18.7. The molecule has 28 heavy (non-hydrogen) atoms. The highest BCUT2D eigenvalue weighted by molar-refractivity contribution is 7.93. The van der Waals surface area contributed by atoms with Gasteiger partial charge in [0.25, 0.3) is 11.8 Å². The maximum absolute atomic E-state index is 12.0. The van der Waals surface area contributed by atoms with Crippen LogP contribution in [0.4, 0.5) is 5.69 Å². The summed E-state index contributed by atoms with van der Waals surface area (Å²) >= 11 is 0. The summed E-state index contributed by atoms with van der Waals surface area (Å²) in [7, 11) is 0.0104.